The Morgan fingerprint density at radius 1 is 0.456 bits per heavy atom. The number of nitrogens with one attached hydrogen (secondary N) is 6. The zero-order chi connectivity index (χ0) is 87.6. The number of aromatic nitrogens is 17. The number of para-hydroxylation sites is 2. The number of rotatable bonds is 30. The number of pyridine rings is 1. The van der Waals surface area contributed by atoms with Crippen LogP contribution in [0.1, 0.15) is 51.1 Å². The number of aryl methyl sites for hydroxylation is 1. The normalized spacial score (nSPS) is 12.7. The van der Waals surface area contributed by atoms with Crippen LogP contribution < -0.4 is 83.3 Å². The fourth-order valence-electron chi connectivity index (χ4n) is 12.9. The van der Waals surface area contributed by atoms with Crippen molar-refractivity contribution in [2.75, 3.05) is 149 Å². The van der Waals surface area contributed by atoms with Crippen LogP contribution in [-0.2, 0) is 11.3 Å². The minimum absolute atomic E-state index is 0.0860. The Balaban J connectivity index is 0.000000144. The van der Waals surface area contributed by atoms with Gasteiger partial charge in [0.15, 0.2) is 29.0 Å². The number of likely N-dealkylation sites (N-methyl/N-ethyl adjacent to an activating group) is 1. The van der Waals surface area contributed by atoms with Crippen LogP contribution in [0.25, 0.3) is 23.1 Å². The van der Waals surface area contributed by atoms with Crippen LogP contribution >= 0.6 is 0 Å². The lowest BCUT2D eigenvalue weighted by molar-refractivity contribution is 0.0341. The van der Waals surface area contributed by atoms with Gasteiger partial charge in [-0.25, -0.2) is 24.9 Å². The molecular formula is C87H101N31O7. The van der Waals surface area contributed by atoms with Crippen molar-refractivity contribution >= 4 is 93.3 Å². The average Bonchev–Trinajstić information content (AvgIpc) is 1.74. The van der Waals surface area contributed by atoms with E-state index in [0.717, 1.165) is 118 Å². The van der Waals surface area contributed by atoms with Gasteiger partial charge in [0, 0.05) is 123 Å². The third-order valence-corrected chi connectivity index (χ3v) is 18.8. The molecule has 16 rings (SSSR count). The summed E-state index contributed by atoms with van der Waals surface area (Å²) in [4.78, 5) is 46.0. The number of hydrogen-bond donors (Lipinski definition) is 10. The summed E-state index contributed by atoms with van der Waals surface area (Å²) in [6, 6.07) is 62.4. The molecule has 0 radical (unpaired) electrons. The van der Waals surface area contributed by atoms with Gasteiger partial charge < -0.3 is 97.8 Å². The summed E-state index contributed by atoms with van der Waals surface area (Å²) >= 11 is 0. The van der Waals surface area contributed by atoms with Gasteiger partial charge in [-0.15, -0.1) is 20.4 Å². The van der Waals surface area contributed by atoms with Crippen LogP contribution in [-0.4, -0.2) is 205 Å². The Morgan fingerprint density at radius 3 is 1.57 bits per heavy atom. The van der Waals surface area contributed by atoms with E-state index in [1.165, 1.54) is 30.6 Å². The largest absolute Gasteiger partial charge is 0.495 e. The van der Waals surface area contributed by atoms with E-state index in [-0.39, 0.29) is 36.0 Å². The molecule has 0 amide bonds. The van der Waals surface area contributed by atoms with Gasteiger partial charge >= 0.3 is 0 Å². The minimum Gasteiger partial charge on any atom is -0.495 e. The molecule has 0 spiro atoms. The number of benzene rings is 7. The third kappa shape index (κ3) is 24.9. The van der Waals surface area contributed by atoms with Gasteiger partial charge in [-0.1, -0.05) is 60.7 Å². The highest BCUT2D eigenvalue weighted by atomic mass is 16.5. The lowest BCUT2D eigenvalue weighted by Crippen LogP contribution is -2.44. The van der Waals surface area contributed by atoms with Gasteiger partial charge in [-0.3, -0.25) is 4.90 Å². The summed E-state index contributed by atoms with van der Waals surface area (Å²) < 4.78 is 45.5. The van der Waals surface area contributed by atoms with E-state index in [1.54, 1.807) is 70.0 Å². The quantitative estimate of drug-likeness (QED) is 0.0187. The minimum atomic E-state index is 0.0860. The fourth-order valence-corrected chi connectivity index (χ4v) is 12.9. The van der Waals surface area contributed by atoms with Crippen LogP contribution in [0.4, 0.5) is 93.3 Å². The summed E-state index contributed by atoms with van der Waals surface area (Å²) in [5, 5.41) is 45.9. The molecule has 0 unspecified atom stereocenters. The number of nitrogen functional groups attached to an aromatic ring is 4. The monoisotopic (exact) mass is 1690 g/mol. The molecule has 0 bridgehead atoms. The smallest absolute Gasteiger partial charge is 0.249 e. The number of ether oxygens (including phenoxy) is 7. The summed E-state index contributed by atoms with van der Waals surface area (Å²) in [6.45, 7) is 19.9. The van der Waals surface area contributed by atoms with E-state index in [2.05, 4.69) is 131 Å². The molecule has 2 saturated heterocycles. The molecule has 7 aromatic heterocycles. The van der Waals surface area contributed by atoms with Crippen molar-refractivity contribution in [3.63, 3.8) is 0 Å². The second-order valence-corrected chi connectivity index (χ2v) is 28.9. The molecule has 0 aliphatic carbocycles. The number of piperazine rings is 1. The van der Waals surface area contributed by atoms with Crippen molar-refractivity contribution in [2.45, 2.75) is 59.8 Å². The number of nitrogens with zero attached hydrogens (tertiary/aromatic N) is 21. The van der Waals surface area contributed by atoms with Crippen molar-refractivity contribution < 1.29 is 33.2 Å². The maximum absolute atomic E-state index is 9.01. The van der Waals surface area contributed by atoms with Crippen LogP contribution in [0.3, 0.4) is 0 Å². The average molecular weight is 1690 g/mol. The Hall–Kier alpha value is -15.5. The van der Waals surface area contributed by atoms with Crippen molar-refractivity contribution in [2.24, 2.45) is 0 Å². The predicted octanol–water partition coefficient (Wildman–Crippen LogP) is 12.5. The van der Waals surface area contributed by atoms with Crippen LogP contribution in [0.5, 0.6) is 34.5 Å². The Morgan fingerprint density at radius 2 is 0.992 bits per heavy atom. The van der Waals surface area contributed by atoms with E-state index in [0.29, 0.717) is 99.5 Å². The molecule has 2 fully saturated rings. The molecule has 2 aliphatic rings. The Bertz CT molecular complexity index is 5840. The highest BCUT2D eigenvalue weighted by Crippen LogP contribution is 2.41. The van der Waals surface area contributed by atoms with Crippen molar-refractivity contribution in [1.82, 2.24) is 98.7 Å². The first-order valence-electron chi connectivity index (χ1n) is 40.3. The molecule has 9 heterocycles. The molecule has 14 aromatic rings. The van der Waals surface area contributed by atoms with Crippen molar-refractivity contribution in [3.8, 4) is 63.7 Å². The fraction of sp³-hybridized carbons (Fsp3) is 0.264. The molecule has 0 atom stereocenters. The standard InChI is InChI=1S/C25H32N8O3.C22H24N8O.C21H22N8O.C19H23N7O2/c1-31-10-12-32(13-11-31)9-4-14-36-22-16-19(15-21(34-2)23(22)35-3)28-25-29-24(27)33(30-25)20-7-5-18(17-26)6-8-20;1-14(2)31-18-11-7-10-17(12-18)27-22-28-21(23)30(29-22)20-13-19(24-15(3)25-20)26-16-8-5-4-6-9-16;1-14(2)30-17-10-6-9-16(11-17)26-21-27-20(22)29(28-21)19-12-18(23-13-24-19)25-15-7-4-3-5-8-15;1-27-16-12-14(13-25-8-10-28-11-9-25)5-6-15(16)22-19-23-18(20)26(24-19)17-4-2-3-7-21-17/h5-8,15-16H,4,9-14H2,1-3H3,(H3,27,28,29,30);4-14H,1-3H3,(H,24,25,26)(H3,23,27,28,29);3-14H,1-2H3,(H,23,24,25)(H3,22,26,27,28);2-7,12H,8-11,13H2,1H3,(H3,20,22,23,24). The van der Waals surface area contributed by atoms with Gasteiger partial charge in [0.1, 0.15) is 41.0 Å². The first kappa shape index (κ1) is 87.4. The number of methoxy groups -OCH3 is 3. The lowest BCUT2D eigenvalue weighted by Gasteiger charge is -2.32. The third-order valence-electron chi connectivity index (χ3n) is 18.8. The highest BCUT2D eigenvalue weighted by Gasteiger charge is 2.22. The van der Waals surface area contributed by atoms with E-state index in [4.69, 9.17) is 61.4 Å². The first-order valence-corrected chi connectivity index (χ1v) is 40.3. The van der Waals surface area contributed by atoms with E-state index in [9.17, 15) is 0 Å². The van der Waals surface area contributed by atoms with Crippen molar-refractivity contribution in [1.29, 1.82) is 5.26 Å². The van der Waals surface area contributed by atoms with Gasteiger partial charge in [-0.05, 0) is 151 Å². The molecule has 2 aliphatic heterocycles. The molecule has 38 nitrogen and oxygen atoms in total. The SMILES string of the molecule is CC(C)Oc1cccc(Nc2nc(N)n(-c3cc(Nc4ccccc4)ncn3)n2)c1.COc1cc(CN2CCOCC2)ccc1Nc1nc(N)n(-c2ccccn2)n1.COc1cc(Nc2nc(N)n(-c3ccc(C#N)cc3)n2)cc(OCCCN2CCN(C)CC2)c1OC.Cc1nc(Nc2ccccc2)cc(-n2nc(Nc3cccc(OC(C)C)c3)nc2N)n1. The summed E-state index contributed by atoms with van der Waals surface area (Å²) in [7, 11) is 6.97. The molecule has 646 valence electrons. The maximum Gasteiger partial charge on any atom is 0.249 e. The second-order valence-electron chi connectivity index (χ2n) is 28.9. The molecule has 14 N–H and O–H groups in total. The van der Waals surface area contributed by atoms with E-state index in [1.807, 2.05) is 180 Å². The number of hydrogen-bond acceptors (Lipinski definition) is 34. The van der Waals surface area contributed by atoms with E-state index >= 15 is 0 Å². The summed E-state index contributed by atoms with van der Waals surface area (Å²) in [5.41, 5.74) is 31.5. The van der Waals surface area contributed by atoms with Crippen LogP contribution in [0.2, 0.25) is 0 Å². The van der Waals surface area contributed by atoms with Gasteiger partial charge in [0.05, 0.1) is 76.4 Å². The van der Waals surface area contributed by atoms with Crippen LogP contribution in [0, 0.1) is 18.3 Å². The molecule has 7 aromatic carbocycles. The summed E-state index contributed by atoms with van der Waals surface area (Å²) in [5.74, 6) is 9.59. The lowest BCUT2D eigenvalue weighted by atomic mass is 10.1. The zero-order valence-corrected chi connectivity index (χ0v) is 70.8. The predicted molar refractivity (Wildman–Crippen MR) is 481 cm³/mol. The van der Waals surface area contributed by atoms with Gasteiger partial charge in [0.2, 0.25) is 53.3 Å². The molecule has 0 saturated carbocycles. The Kier molecular flexibility index (Phi) is 29.8. The summed E-state index contributed by atoms with van der Waals surface area (Å²) in [6.07, 6.45) is 4.20. The molecule has 38 heteroatoms. The van der Waals surface area contributed by atoms with Gasteiger partial charge in [0.25, 0.3) is 0 Å². The number of nitrogens with two attached hydrogens (primary N) is 4. The number of nitriles is 1. The van der Waals surface area contributed by atoms with Crippen LogP contribution in [0.15, 0.2) is 207 Å². The zero-order valence-electron chi connectivity index (χ0n) is 70.8. The number of morpholine rings is 1. The highest BCUT2D eigenvalue weighted by molar-refractivity contribution is 5.68. The maximum atomic E-state index is 9.01. The van der Waals surface area contributed by atoms with Gasteiger partial charge in [-0.2, -0.15) is 43.9 Å². The number of anilines is 16. The van der Waals surface area contributed by atoms with E-state index < -0.39 is 0 Å². The first-order chi connectivity index (χ1) is 60.7. The topological polar surface area (TPSA) is 462 Å². The van der Waals surface area contributed by atoms with Crippen molar-refractivity contribution in [3.05, 3.63) is 224 Å². The Labute approximate surface area is 722 Å². The molecule has 125 heavy (non-hydrogen) atoms. The second kappa shape index (κ2) is 42.7. The molecular weight excluding hydrogens is 1590 g/mol.